The van der Waals surface area contributed by atoms with E-state index in [4.69, 9.17) is 9.47 Å². The molecule has 2 saturated heterocycles. The highest BCUT2D eigenvalue weighted by atomic mass is 19.4. The molecule has 32 heavy (non-hydrogen) atoms. The van der Waals surface area contributed by atoms with Gasteiger partial charge in [-0.25, -0.2) is 0 Å². The summed E-state index contributed by atoms with van der Waals surface area (Å²) in [7, 11) is 0. The van der Waals surface area contributed by atoms with Crippen LogP contribution in [-0.4, -0.2) is 47.5 Å². The largest absolute Gasteiger partial charge is 0.416 e. The molecule has 0 unspecified atom stereocenters. The van der Waals surface area contributed by atoms with Crippen molar-refractivity contribution in [2.45, 2.75) is 32.2 Å². The first-order valence-electron chi connectivity index (χ1n) is 10.2. The molecule has 0 N–H and O–H groups in total. The number of amides is 1. The number of likely N-dealkylation sites (tertiary alicyclic amines) is 1. The number of aryl methyl sites for hydroxylation is 1. The molecule has 2 aliphatic rings. The van der Waals surface area contributed by atoms with Crippen LogP contribution in [-0.2, 0) is 20.4 Å². The van der Waals surface area contributed by atoms with Crippen molar-refractivity contribution in [1.29, 1.82) is 5.26 Å². The minimum atomic E-state index is -4.45. The lowest BCUT2D eigenvalue weighted by Gasteiger charge is -2.22. The molecular weight excluding hydrogens is 423 g/mol. The molecule has 1 amide bonds. The van der Waals surface area contributed by atoms with Gasteiger partial charge in [0.05, 0.1) is 25.3 Å². The molecule has 9 heteroatoms. The van der Waals surface area contributed by atoms with E-state index in [1.807, 2.05) is 6.07 Å². The number of carbonyl (C=O) groups excluding carboxylic acids is 1. The fourth-order valence-corrected chi connectivity index (χ4v) is 4.28. The number of halogens is 3. The van der Waals surface area contributed by atoms with E-state index >= 15 is 0 Å². The third-order valence-electron chi connectivity index (χ3n) is 5.85. The van der Waals surface area contributed by atoms with Crippen molar-refractivity contribution in [2.24, 2.45) is 0 Å². The maximum absolute atomic E-state index is 13.1. The molecule has 0 aliphatic carbocycles. The molecular formula is C23H22F3N3O3. The van der Waals surface area contributed by atoms with Gasteiger partial charge in [0.2, 0.25) is 0 Å². The zero-order valence-corrected chi connectivity index (χ0v) is 17.7. The number of alkyl halides is 3. The predicted molar refractivity (Wildman–Crippen MR) is 110 cm³/mol. The summed E-state index contributed by atoms with van der Waals surface area (Å²) in [4.78, 5) is 14.5. The average Bonchev–Trinajstić information content (AvgIpc) is 3.46. The highest BCUT2D eigenvalue weighted by molar-refractivity contribution is 6.02. The van der Waals surface area contributed by atoms with Gasteiger partial charge in [0, 0.05) is 30.0 Å². The van der Waals surface area contributed by atoms with Crippen LogP contribution in [0.5, 0.6) is 0 Å². The molecule has 0 bridgehead atoms. The maximum atomic E-state index is 13.1. The molecule has 6 nitrogen and oxygen atoms in total. The summed E-state index contributed by atoms with van der Waals surface area (Å²) in [5.41, 5.74) is 1.47. The number of nitrogens with zero attached hydrogens (tertiary/aromatic N) is 3. The molecule has 1 aromatic carbocycles. The summed E-state index contributed by atoms with van der Waals surface area (Å²) in [5, 5.41) is 9.62. The van der Waals surface area contributed by atoms with Crippen molar-refractivity contribution >= 4 is 12.0 Å². The number of ether oxygens (including phenoxy) is 2. The average molecular weight is 445 g/mol. The van der Waals surface area contributed by atoms with Gasteiger partial charge < -0.3 is 18.9 Å². The van der Waals surface area contributed by atoms with Crippen molar-refractivity contribution in [3.63, 3.8) is 0 Å². The van der Waals surface area contributed by atoms with Crippen LogP contribution >= 0.6 is 0 Å². The van der Waals surface area contributed by atoms with Crippen LogP contribution < -0.4 is 0 Å². The Morgan fingerprint density at radius 3 is 2.59 bits per heavy atom. The van der Waals surface area contributed by atoms with Crippen LogP contribution in [0, 0.1) is 25.2 Å². The van der Waals surface area contributed by atoms with Crippen LogP contribution in [0.25, 0.3) is 11.8 Å². The molecule has 1 spiro atoms. The van der Waals surface area contributed by atoms with E-state index < -0.39 is 23.4 Å². The van der Waals surface area contributed by atoms with Crippen LogP contribution in [0.15, 0.2) is 35.9 Å². The molecule has 2 fully saturated rings. The zero-order valence-electron chi connectivity index (χ0n) is 17.7. The van der Waals surface area contributed by atoms with Gasteiger partial charge in [0.25, 0.3) is 5.91 Å². The van der Waals surface area contributed by atoms with Crippen LogP contribution in [0.3, 0.4) is 0 Å². The Labute approximate surface area is 183 Å². The molecule has 1 aromatic heterocycles. The first-order chi connectivity index (χ1) is 15.1. The smallest absolute Gasteiger partial charge is 0.346 e. The second kappa shape index (κ2) is 8.11. The summed E-state index contributed by atoms with van der Waals surface area (Å²) in [5.74, 6) is -1.21. The lowest BCUT2D eigenvalue weighted by atomic mass is 10.1. The third kappa shape index (κ3) is 4.04. The number of hydrogen-bond acceptors (Lipinski definition) is 4. The lowest BCUT2D eigenvalue weighted by molar-refractivity contribution is -0.150. The molecule has 4 rings (SSSR count). The Balaban J connectivity index is 1.63. The van der Waals surface area contributed by atoms with Crippen molar-refractivity contribution in [2.75, 3.05) is 26.3 Å². The predicted octanol–water partition coefficient (Wildman–Crippen LogP) is 4.00. The first kappa shape index (κ1) is 22.1. The van der Waals surface area contributed by atoms with Crippen molar-refractivity contribution in [3.05, 3.63) is 58.4 Å². The van der Waals surface area contributed by atoms with E-state index in [0.717, 1.165) is 12.1 Å². The van der Waals surface area contributed by atoms with Gasteiger partial charge in [-0.05, 0) is 49.8 Å². The molecule has 3 heterocycles. The topological polar surface area (TPSA) is 67.5 Å². The summed E-state index contributed by atoms with van der Waals surface area (Å²) in [6.45, 7) is 5.13. The number of rotatable bonds is 3. The van der Waals surface area contributed by atoms with E-state index in [9.17, 15) is 23.2 Å². The van der Waals surface area contributed by atoms with Gasteiger partial charge in [-0.15, -0.1) is 0 Å². The molecule has 0 saturated carbocycles. The Bertz CT molecular complexity index is 1120. The fourth-order valence-electron chi connectivity index (χ4n) is 4.28. The molecule has 168 valence electrons. The standard InChI is InChI=1S/C23H22F3N3O3/c1-15-10-17(16(2)29(15)20-5-3-4-19(12-20)23(24,25)26)11-18(13-27)21(30)28-7-6-22(14-28)31-8-9-32-22/h3-5,10-12H,6-9,14H2,1-2H3/b18-11+. The minimum Gasteiger partial charge on any atom is -0.346 e. The Morgan fingerprint density at radius 1 is 1.22 bits per heavy atom. The minimum absolute atomic E-state index is 0.0515. The van der Waals surface area contributed by atoms with Crippen LogP contribution in [0.1, 0.15) is 28.9 Å². The third-order valence-corrected chi connectivity index (χ3v) is 5.85. The summed E-state index contributed by atoms with van der Waals surface area (Å²) >= 11 is 0. The normalized spacial score (nSPS) is 18.4. The first-order valence-corrected chi connectivity index (χ1v) is 10.2. The molecule has 2 aromatic rings. The fraction of sp³-hybridized carbons (Fsp3) is 0.391. The maximum Gasteiger partial charge on any atom is 0.416 e. The Morgan fingerprint density at radius 2 is 1.94 bits per heavy atom. The van der Waals surface area contributed by atoms with Gasteiger partial charge >= 0.3 is 6.18 Å². The Hall–Kier alpha value is -3.09. The molecule has 0 radical (unpaired) electrons. The number of carbonyl (C=O) groups is 1. The van der Waals surface area contributed by atoms with Crippen LogP contribution in [0.2, 0.25) is 0 Å². The quantitative estimate of drug-likeness (QED) is 0.529. The number of nitriles is 1. The summed E-state index contributed by atoms with van der Waals surface area (Å²) in [6.07, 6.45) is -2.43. The van der Waals surface area contributed by atoms with Gasteiger partial charge in [0.1, 0.15) is 11.6 Å². The zero-order chi connectivity index (χ0) is 23.1. The van der Waals surface area contributed by atoms with E-state index in [0.29, 0.717) is 48.8 Å². The van der Waals surface area contributed by atoms with Crippen molar-refractivity contribution in [1.82, 2.24) is 9.47 Å². The van der Waals surface area contributed by atoms with Crippen molar-refractivity contribution < 1.29 is 27.4 Å². The summed E-state index contributed by atoms with van der Waals surface area (Å²) < 4.78 is 52.4. The van der Waals surface area contributed by atoms with E-state index in [1.165, 1.54) is 17.0 Å². The highest BCUT2D eigenvalue weighted by Gasteiger charge is 2.45. The van der Waals surface area contributed by atoms with Gasteiger partial charge in [-0.1, -0.05) is 6.07 Å². The van der Waals surface area contributed by atoms with Gasteiger partial charge in [-0.2, -0.15) is 18.4 Å². The van der Waals surface area contributed by atoms with Gasteiger partial charge in [0.15, 0.2) is 5.79 Å². The second-order valence-corrected chi connectivity index (χ2v) is 7.96. The van der Waals surface area contributed by atoms with Crippen molar-refractivity contribution in [3.8, 4) is 11.8 Å². The van der Waals surface area contributed by atoms with E-state index in [2.05, 4.69) is 0 Å². The van der Waals surface area contributed by atoms with Crippen LogP contribution in [0.4, 0.5) is 13.2 Å². The lowest BCUT2D eigenvalue weighted by Crippen LogP contribution is -2.37. The molecule has 0 atom stereocenters. The monoisotopic (exact) mass is 445 g/mol. The van der Waals surface area contributed by atoms with Gasteiger partial charge in [-0.3, -0.25) is 4.79 Å². The Kier molecular flexibility index (Phi) is 5.61. The second-order valence-electron chi connectivity index (χ2n) is 7.96. The SMILES string of the molecule is Cc1cc(/C=C(\C#N)C(=O)N2CCC3(C2)OCCO3)c(C)n1-c1cccc(C(F)(F)F)c1. The molecule has 2 aliphatic heterocycles. The van der Waals surface area contributed by atoms with E-state index in [-0.39, 0.29) is 12.1 Å². The number of benzene rings is 1. The summed E-state index contributed by atoms with van der Waals surface area (Å²) in [6, 6.07) is 8.75. The van der Waals surface area contributed by atoms with E-state index in [1.54, 1.807) is 30.5 Å². The number of hydrogen-bond donors (Lipinski definition) is 0. The highest BCUT2D eigenvalue weighted by Crippen LogP contribution is 2.33. The number of aromatic nitrogens is 1.